The quantitative estimate of drug-likeness (QED) is 0.875. The summed E-state index contributed by atoms with van der Waals surface area (Å²) in [6, 6.07) is 9.30. The number of para-hydroxylation sites is 1. The van der Waals surface area contributed by atoms with Gasteiger partial charge in [0.05, 0.1) is 12.3 Å². The highest BCUT2D eigenvalue weighted by Crippen LogP contribution is 2.29. The zero-order chi connectivity index (χ0) is 12.3. The van der Waals surface area contributed by atoms with Crippen LogP contribution in [0.4, 0.5) is 0 Å². The van der Waals surface area contributed by atoms with E-state index in [0.29, 0.717) is 12.4 Å². The molecule has 2 rings (SSSR count). The molecule has 1 atom stereocenters. The highest BCUT2D eigenvalue weighted by Gasteiger charge is 2.17. The fourth-order valence-electron chi connectivity index (χ4n) is 1.81. The Bertz CT molecular complexity index is 494. The molecule has 17 heavy (non-hydrogen) atoms. The van der Waals surface area contributed by atoms with Crippen LogP contribution in [0.1, 0.15) is 24.3 Å². The second-order valence-electron chi connectivity index (χ2n) is 3.75. The second kappa shape index (κ2) is 5.01. The average molecular weight is 232 g/mol. The standard InChI is InChI=1S/C13H16N2O2/c1-3-17-12-7-5-4-6-10(12)13(16)11-8-9-14-15(11)2/h4-9,13,16H,3H2,1-2H3. The smallest absolute Gasteiger partial charge is 0.125 e. The van der Waals surface area contributed by atoms with Gasteiger partial charge in [0.15, 0.2) is 0 Å². The van der Waals surface area contributed by atoms with E-state index in [2.05, 4.69) is 5.10 Å². The minimum absolute atomic E-state index is 0.578. The van der Waals surface area contributed by atoms with E-state index in [-0.39, 0.29) is 0 Å². The van der Waals surface area contributed by atoms with Crippen LogP contribution < -0.4 is 4.74 Å². The lowest BCUT2D eigenvalue weighted by molar-refractivity contribution is 0.202. The first kappa shape index (κ1) is 11.7. The summed E-state index contributed by atoms with van der Waals surface area (Å²) in [5.41, 5.74) is 1.51. The maximum absolute atomic E-state index is 10.3. The Hall–Kier alpha value is -1.81. The Morgan fingerprint density at radius 3 is 2.76 bits per heavy atom. The Balaban J connectivity index is 2.37. The van der Waals surface area contributed by atoms with E-state index in [1.54, 1.807) is 16.9 Å². The predicted octanol–water partition coefficient (Wildman–Crippen LogP) is 1.90. The van der Waals surface area contributed by atoms with E-state index >= 15 is 0 Å². The SMILES string of the molecule is CCOc1ccccc1C(O)c1ccnn1C. The van der Waals surface area contributed by atoms with Crippen molar-refractivity contribution >= 4 is 0 Å². The minimum atomic E-state index is -0.717. The number of ether oxygens (including phenoxy) is 1. The fourth-order valence-corrected chi connectivity index (χ4v) is 1.81. The van der Waals surface area contributed by atoms with Crippen LogP contribution in [-0.2, 0) is 7.05 Å². The molecule has 0 aliphatic rings. The van der Waals surface area contributed by atoms with Gasteiger partial charge in [-0.2, -0.15) is 5.10 Å². The number of benzene rings is 1. The van der Waals surface area contributed by atoms with E-state index < -0.39 is 6.10 Å². The molecule has 1 unspecified atom stereocenters. The third kappa shape index (κ3) is 2.31. The van der Waals surface area contributed by atoms with Crippen molar-refractivity contribution in [2.45, 2.75) is 13.0 Å². The Morgan fingerprint density at radius 1 is 1.35 bits per heavy atom. The molecule has 0 amide bonds. The van der Waals surface area contributed by atoms with Gasteiger partial charge in [-0.25, -0.2) is 0 Å². The van der Waals surface area contributed by atoms with Crippen LogP contribution in [0.25, 0.3) is 0 Å². The Kier molecular flexibility index (Phi) is 3.44. The molecule has 0 aliphatic heterocycles. The van der Waals surface area contributed by atoms with E-state index in [1.807, 2.05) is 38.2 Å². The molecule has 0 bridgehead atoms. The molecule has 1 N–H and O–H groups in total. The van der Waals surface area contributed by atoms with Gasteiger partial charge in [-0.05, 0) is 19.1 Å². The lowest BCUT2D eigenvalue weighted by atomic mass is 10.1. The first-order valence-electron chi connectivity index (χ1n) is 5.61. The zero-order valence-corrected chi connectivity index (χ0v) is 10.00. The molecule has 0 aliphatic carbocycles. The van der Waals surface area contributed by atoms with E-state index in [1.165, 1.54) is 0 Å². The largest absolute Gasteiger partial charge is 0.493 e. The molecule has 1 heterocycles. The third-order valence-electron chi connectivity index (χ3n) is 2.65. The van der Waals surface area contributed by atoms with Crippen molar-refractivity contribution in [3.05, 3.63) is 47.8 Å². The first-order chi connectivity index (χ1) is 8.24. The number of aliphatic hydroxyl groups is 1. The summed E-state index contributed by atoms with van der Waals surface area (Å²) < 4.78 is 7.17. The van der Waals surface area contributed by atoms with Crippen molar-refractivity contribution in [3.8, 4) is 5.75 Å². The molecule has 0 fully saturated rings. The Labute approximate surface area is 100 Å². The van der Waals surface area contributed by atoms with E-state index in [0.717, 1.165) is 11.3 Å². The molecule has 0 radical (unpaired) electrons. The highest BCUT2D eigenvalue weighted by atomic mass is 16.5. The maximum atomic E-state index is 10.3. The number of aryl methyl sites for hydroxylation is 1. The van der Waals surface area contributed by atoms with Gasteiger partial charge in [0.2, 0.25) is 0 Å². The van der Waals surface area contributed by atoms with Crippen molar-refractivity contribution in [2.75, 3.05) is 6.61 Å². The van der Waals surface area contributed by atoms with Crippen molar-refractivity contribution in [1.29, 1.82) is 0 Å². The summed E-state index contributed by atoms with van der Waals surface area (Å²) in [6.07, 6.45) is 0.951. The second-order valence-corrected chi connectivity index (χ2v) is 3.75. The molecular weight excluding hydrogens is 216 g/mol. The predicted molar refractivity (Wildman–Crippen MR) is 64.9 cm³/mol. The lowest BCUT2D eigenvalue weighted by Gasteiger charge is -2.15. The molecule has 90 valence electrons. The van der Waals surface area contributed by atoms with Gasteiger partial charge in [-0.3, -0.25) is 4.68 Å². The van der Waals surface area contributed by atoms with Crippen molar-refractivity contribution in [1.82, 2.24) is 9.78 Å². The van der Waals surface area contributed by atoms with Gasteiger partial charge in [0.1, 0.15) is 11.9 Å². The van der Waals surface area contributed by atoms with Crippen LogP contribution in [0.5, 0.6) is 5.75 Å². The summed E-state index contributed by atoms with van der Waals surface area (Å²) in [4.78, 5) is 0. The normalized spacial score (nSPS) is 12.4. The van der Waals surface area contributed by atoms with Gasteiger partial charge in [0.25, 0.3) is 0 Å². The van der Waals surface area contributed by atoms with Crippen molar-refractivity contribution in [3.63, 3.8) is 0 Å². The molecule has 2 aromatic rings. The number of aromatic nitrogens is 2. The summed E-state index contributed by atoms with van der Waals surface area (Å²) in [5, 5.41) is 14.4. The zero-order valence-electron chi connectivity index (χ0n) is 10.00. The average Bonchev–Trinajstić information content (AvgIpc) is 2.76. The minimum Gasteiger partial charge on any atom is -0.493 e. The summed E-state index contributed by atoms with van der Waals surface area (Å²) in [6.45, 7) is 2.50. The fraction of sp³-hybridized carbons (Fsp3) is 0.308. The molecule has 0 saturated heterocycles. The van der Waals surface area contributed by atoms with Crippen LogP contribution in [0.2, 0.25) is 0 Å². The first-order valence-corrected chi connectivity index (χ1v) is 5.61. The van der Waals surface area contributed by atoms with E-state index in [9.17, 15) is 5.11 Å². The van der Waals surface area contributed by atoms with Crippen LogP contribution in [0.3, 0.4) is 0 Å². The monoisotopic (exact) mass is 232 g/mol. The van der Waals surface area contributed by atoms with Gasteiger partial charge < -0.3 is 9.84 Å². The number of aliphatic hydroxyl groups excluding tert-OH is 1. The van der Waals surface area contributed by atoms with Gasteiger partial charge in [-0.15, -0.1) is 0 Å². The molecule has 1 aromatic heterocycles. The van der Waals surface area contributed by atoms with Crippen molar-refractivity contribution in [2.24, 2.45) is 7.05 Å². The molecule has 4 heteroatoms. The molecule has 1 aromatic carbocycles. The van der Waals surface area contributed by atoms with Crippen LogP contribution in [0.15, 0.2) is 36.5 Å². The number of rotatable bonds is 4. The van der Waals surface area contributed by atoms with Gasteiger partial charge in [0, 0.05) is 18.8 Å². The number of hydrogen-bond donors (Lipinski definition) is 1. The molecular formula is C13H16N2O2. The molecule has 4 nitrogen and oxygen atoms in total. The molecule has 0 spiro atoms. The van der Waals surface area contributed by atoms with Crippen molar-refractivity contribution < 1.29 is 9.84 Å². The number of nitrogens with zero attached hydrogens (tertiary/aromatic N) is 2. The lowest BCUT2D eigenvalue weighted by Crippen LogP contribution is -2.08. The number of hydrogen-bond acceptors (Lipinski definition) is 3. The van der Waals surface area contributed by atoms with Gasteiger partial charge >= 0.3 is 0 Å². The van der Waals surface area contributed by atoms with Crippen LogP contribution >= 0.6 is 0 Å². The van der Waals surface area contributed by atoms with Gasteiger partial charge in [-0.1, -0.05) is 18.2 Å². The topological polar surface area (TPSA) is 47.3 Å². The van der Waals surface area contributed by atoms with Crippen LogP contribution in [0, 0.1) is 0 Å². The third-order valence-corrected chi connectivity index (χ3v) is 2.65. The van der Waals surface area contributed by atoms with Crippen LogP contribution in [-0.4, -0.2) is 21.5 Å². The Morgan fingerprint density at radius 2 is 2.12 bits per heavy atom. The maximum Gasteiger partial charge on any atom is 0.125 e. The highest BCUT2D eigenvalue weighted by molar-refractivity contribution is 5.38. The summed E-state index contributed by atoms with van der Waals surface area (Å²) in [7, 11) is 1.81. The molecule has 0 saturated carbocycles. The summed E-state index contributed by atoms with van der Waals surface area (Å²) in [5.74, 6) is 0.712. The van der Waals surface area contributed by atoms with E-state index in [4.69, 9.17) is 4.74 Å². The summed E-state index contributed by atoms with van der Waals surface area (Å²) >= 11 is 0.